The Morgan fingerprint density at radius 1 is 1.18 bits per heavy atom. The Morgan fingerprint density at radius 2 is 1.82 bits per heavy atom. The van der Waals surface area contributed by atoms with E-state index in [9.17, 15) is 39.0 Å². The van der Waals surface area contributed by atoms with E-state index in [1.807, 2.05) is 0 Å². The zero-order valence-corrected chi connectivity index (χ0v) is 21.3. The Morgan fingerprint density at radius 3 is 2.37 bits per heavy atom. The topological polar surface area (TPSA) is 187 Å². The molecule has 2 fully saturated rings. The van der Waals surface area contributed by atoms with Gasteiger partial charge in [-0.1, -0.05) is 0 Å². The highest BCUT2D eigenvalue weighted by atomic mass is 19.1. The number of nitrogens with zero attached hydrogens (tertiary/aromatic N) is 2. The van der Waals surface area contributed by atoms with E-state index in [1.165, 1.54) is 33.1 Å². The number of urea groups is 1. The number of halogens is 1. The van der Waals surface area contributed by atoms with Crippen LogP contribution in [0, 0.1) is 29.5 Å². The van der Waals surface area contributed by atoms with Crippen molar-refractivity contribution in [2.24, 2.45) is 29.4 Å². The number of hydrogen-bond acceptors (Lipinski definition) is 9. The van der Waals surface area contributed by atoms with Crippen molar-refractivity contribution in [3.63, 3.8) is 0 Å². The molecule has 0 heterocycles. The van der Waals surface area contributed by atoms with Gasteiger partial charge >= 0.3 is 6.03 Å². The standard InChI is InChI=1S/C25H29FN4O8/c1-28-24(37)30(4)8-10-7-13(31)15-11(17(10)26)5-9-6-12-18(29(2)3)20(33)16(23(27)36)22(35)25(12,38)21(34)14(9)19(15)32/h7,9,12,14,16,18,31,38H,5-6,8H2,1-4H3,(H2,27,36)(H,28,37)/t9-,12-,14?,16?,18-,25-/m0/s1. The zero-order chi connectivity index (χ0) is 28.4. The van der Waals surface area contributed by atoms with E-state index < -0.39 is 87.5 Å². The Labute approximate surface area is 216 Å². The van der Waals surface area contributed by atoms with Gasteiger partial charge in [0.1, 0.15) is 11.6 Å². The molecule has 1 aromatic carbocycles. The molecule has 5 N–H and O–H groups in total. The normalized spacial score (nSPS) is 30.4. The predicted molar refractivity (Wildman–Crippen MR) is 127 cm³/mol. The molecule has 0 aliphatic heterocycles. The van der Waals surface area contributed by atoms with Gasteiger partial charge in [0.05, 0.1) is 24.1 Å². The van der Waals surface area contributed by atoms with Gasteiger partial charge in [-0.25, -0.2) is 9.18 Å². The molecule has 3 aliphatic carbocycles. The first kappa shape index (κ1) is 27.3. The van der Waals surface area contributed by atoms with Crippen LogP contribution in [-0.4, -0.2) is 94.9 Å². The van der Waals surface area contributed by atoms with E-state index in [2.05, 4.69) is 5.32 Å². The number of carbonyl (C=O) groups is 6. The van der Waals surface area contributed by atoms with E-state index in [1.54, 1.807) is 0 Å². The lowest BCUT2D eigenvalue weighted by Crippen LogP contribution is -2.74. The molecule has 6 atom stereocenters. The fraction of sp³-hybridized carbons (Fsp3) is 0.520. The first-order valence-corrected chi connectivity index (χ1v) is 12.0. The minimum Gasteiger partial charge on any atom is -0.507 e. The summed E-state index contributed by atoms with van der Waals surface area (Å²) in [5.74, 6) is -13.1. The maximum absolute atomic E-state index is 15.6. The van der Waals surface area contributed by atoms with Gasteiger partial charge in [-0.2, -0.15) is 0 Å². The number of aromatic hydroxyl groups is 1. The van der Waals surface area contributed by atoms with E-state index >= 15 is 4.39 Å². The van der Waals surface area contributed by atoms with Crippen molar-refractivity contribution in [2.75, 3.05) is 28.2 Å². The zero-order valence-electron chi connectivity index (χ0n) is 21.3. The van der Waals surface area contributed by atoms with Crippen molar-refractivity contribution in [2.45, 2.75) is 31.0 Å². The van der Waals surface area contributed by atoms with Gasteiger partial charge in [-0.3, -0.25) is 28.9 Å². The Bertz CT molecular complexity index is 1300. The SMILES string of the molecule is CNC(=O)N(C)Cc1cc(O)c2c(c1F)C[C@H]1C[C@H]3[C@H](N(C)C)C(=O)C(C(N)=O)C(=O)[C@@]3(O)C(=O)C1C2=O. The van der Waals surface area contributed by atoms with Gasteiger partial charge in [0.15, 0.2) is 34.7 Å². The Kier molecular flexibility index (Phi) is 6.65. The number of phenols is 1. The minimum absolute atomic E-state index is 0.0595. The molecular formula is C25H29FN4O8. The van der Waals surface area contributed by atoms with Crippen LogP contribution in [0.1, 0.15) is 27.9 Å². The van der Waals surface area contributed by atoms with Gasteiger partial charge in [0, 0.05) is 31.1 Å². The van der Waals surface area contributed by atoms with Crippen LogP contribution in [0.25, 0.3) is 0 Å². The quantitative estimate of drug-likeness (QED) is 0.345. The summed E-state index contributed by atoms with van der Waals surface area (Å²) in [6, 6.07) is -0.764. The van der Waals surface area contributed by atoms with Crippen LogP contribution in [0.5, 0.6) is 5.75 Å². The molecule has 38 heavy (non-hydrogen) atoms. The van der Waals surface area contributed by atoms with Gasteiger partial charge < -0.3 is 26.2 Å². The number of Topliss-reactive ketones (excluding diaryl/α,β-unsaturated/α-hetero) is 4. The summed E-state index contributed by atoms with van der Waals surface area (Å²) < 4.78 is 15.6. The molecule has 2 saturated carbocycles. The third-order valence-electron chi connectivity index (χ3n) is 8.04. The van der Waals surface area contributed by atoms with Crippen molar-refractivity contribution < 1.29 is 43.4 Å². The van der Waals surface area contributed by atoms with Gasteiger partial charge in [0.2, 0.25) is 5.91 Å². The molecule has 2 unspecified atom stereocenters. The van der Waals surface area contributed by atoms with Crippen LogP contribution in [-0.2, 0) is 32.1 Å². The second-order valence-electron chi connectivity index (χ2n) is 10.4. The maximum Gasteiger partial charge on any atom is 0.317 e. The highest BCUT2D eigenvalue weighted by molar-refractivity contribution is 6.32. The molecule has 4 rings (SSSR count). The summed E-state index contributed by atoms with van der Waals surface area (Å²) in [5.41, 5.74) is 1.78. The molecule has 0 bridgehead atoms. The van der Waals surface area contributed by atoms with Crippen LogP contribution < -0.4 is 11.1 Å². The molecule has 13 heteroatoms. The van der Waals surface area contributed by atoms with E-state index in [4.69, 9.17) is 5.73 Å². The largest absolute Gasteiger partial charge is 0.507 e. The second kappa shape index (κ2) is 9.24. The molecular weight excluding hydrogens is 503 g/mol. The lowest BCUT2D eigenvalue weighted by molar-refractivity contribution is -0.181. The van der Waals surface area contributed by atoms with Crippen molar-refractivity contribution in [3.05, 3.63) is 28.6 Å². The number of benzene rings is 1. The lowest BCUT2D eigenvalue weighted by Gasteiger charge is -2.52. The fourth-order valence-corrected chi connectivity index (χ4v) is 6.34. The average Bonchev–Trinajstić information content (AvgIpc) is 2.83. The number of nitrogens with one attached hydrogen (secondary N) is 1. The van der Waals surface area contributed by atoms with E-state index in [-0.39, 0.29) is 30.5 Å². The second-order valence-corrected chi connectivity index (χ2v) is 10.4. The predicted octanol–water partition coefficient (Wildman–Crippen LogP) is -1.22. The molecule has 3 aliphatic rings. The summed E-state index contributed by atoms with van der Waals surface area (Å²) in [6.07, 6.45) is -0.394. The van der Waals surface area contributed by atoms with E-state index in [0.29, 0.717) is 0 Å². The van der Waals surface area contributed by atoms with Gasteiger partial charge in [0.25, 0.3) is 0 Å². The molecule has 0 saturated heterocycles. The molecule has 3 amide bonds. The third-order valence-corrected chi connectivity index (χ3v) is 8.04. The number of primary amides is 1. The van der Waals surface area contributed by atoms with E-state index in [0.717, 1.165) is 11.0 Å². The number of rotatable bonds is 4. The van der Waals surface area contributed by atoms with Crippen molar-refractivity contribution >= 4 is 35.1 Å². The number of fused-ring (bicyclic) bond motifs is 3. The summed E-state index contributed by atoms with van der Waals surface area (Å²) in [5, 5.41) is 24.6. The fourth-order valence-electron chi connectivity index (χ4n) is 6.34. The molecule has 0 radical (unpaired) electrons. The summed E-state index contributed by atoms with van der Waals surface area (Å²) in [4.78, 5) is 79.9. The summed E-state index contributed by atoms with van der Waals surface area (Å²) in [6.45, 7) is -0.226. The number of ketones is 4. The number of amides is 3. The van der Waals surface area contributed by atoms with Crippen molar-refractivity contribution in [1.82, 2.24) is 15.1 Å². The number of aliphatic hydroxyl groups is 1. The minimum atomic E-state index is -2.85. The summed E-state index contributed by atoms with van der Waals surface area (Å²) >= 11 is 0. The van der Waals surface area contributed by atoms with Crippen LogP contribution in [0.2, 0.25) is 0 Å². The highest BCUT2D eigenvalue weighted by Crippen LogP contribution is 2.51. The van der Waals surface area contributed by atoms with Crippen LogP contribution in [0.15, 0.2) is 6.07 Å². The number of nitrogens with two attached hydrogens (primary N) is 1. The third kappa shape index (κ3) is 3.71. The number of carbonyl (C=O) groups excluding carboxylic acids is 6. The lowest BCUT2D eigenvalue weighted by atomic mass is 9.52. The Balaban J connectivity index is 1.81. The highest BCUT2D eigenvalue weighted by Gasteiger charge is 2.69. The summed E-state index contributed by atoms with van der Waals surface area (Å²) in [7, 11) is 5.75. The first-order chi connectivity index (χ1) is 17.7. The molecule has 12 nitrogen and oxygen atoms in total. The van der Waals surface area contributed by atoms with Gasteiger partial charge in [-0.05, 0) is 38.9 Å². The molecule has 0 spiro atoms. The molecule has 1 aromatic rings. The Hall–Kier alpha value is -3.71. The number of phenolic OH excluding ortho intramolecular Hbond substituents is 1. The first-order valence-electron chi connectivity index (χ1n) is 12.0. The van der Waals surface area contributed by atoms with Crippen molar-refractivity contribution in [1.29, 1.82) is 0 Å². The van der Waals surface area contributed by atoms with Crippen molar-refractivity contribution in [3.8, 4) is 5.75 Å². The van der Waals surface area contributed by atoms with Gasteiger partial charge in [-0.15, -0.1) is 0 Å². The molecule has 204 valence electrons. The average molecular weight is 533 g/mol. The smallest absolute Gasteiger partial charge is 0.317 e. The number of hydrogen-bond donors (Lipinski definition) is 4. The monoisotopic (exact) mass is 532 g/mol. The maximum atomic E-state index is 15.6. The van der Waals surface area contributed by atoms with Crippen LogP contribution in [0.4, 0.5) is 9.18 Å². The number of likely N-dealkylation sites (N-methyl/N-ethyl adjacent to an activating group) is 1. The van der Waals surface area contributed by atoms with Crippen LogP contribution in [0.3, 0.4) is 0 Å². The van der Waals surface area contributed by atoms with Crippen LogP contribution >= 0.6 is 0 Å². The molecule has 0 aromatic heterocycles.